The number of piperazine rings is 1. The third kappa shape index (κ3) is 8.12. The Hall–Kier alpha value is -0.460. The first kappa shape index (κ1) is 26.8. The van der Waals surface area contributed by atoms with Crippen molar-refractivity contribution < 1.29 is 4.74 Å². The Morgan fingerprint density at radius 1 is 1.06 bits per heavy atom. The lowest BCUT2D eigenvalue weighted by Gasteiger charge is -2.40. The minimum atomic E-state index is 0. The Morgan fingerprint density at radius 3 is 2.32 bits per heavy atom. The van der Waals surface area contributed by atoms with Gasteiger partial charge in [0, 0.05) is 70.3 Å². The van der Waals surface area contributed by atoms with Gasteiger partial charge in [-0.3, -0.25) is 14.8 Å². The number of hydrogen-bond acceptors (Lipinski definition) is 6. The number of ether oxygens (including phenoxy) is 1. The molecule has 3 heterocycles. The lowest BCUT2D eigenvalue weighted by Crippen LogP contribution is -2.55. The van der Waals surface area contributed by atoms with Crippen LogP contribution in [-0.2, 0) is 4.74 Å². The van der Waals surface area contributed by atoms with E-state index in [-0.39, 0.29) is 24.0 Å². The van der Waals surface area contributed by atoms with E-state index in [9.17, 15) is 0 Å². The van der Waals surface area contributed by atoms with Crippen molar-refractivity contribution in [2.75, 3.05) is 79.7 Å². The summed E-state index contributed by atoms with van der Waals surface area (Å²) in [5.74, 6) is 1.50. The van der Waals surface area contributed by atoms with Crippen LogP contribution in [0.25, 0.3) is 0 Å². The molecule has 2 aliphatic heterocycles. The van der Waals surface area contributed by atoms with Crippen LogP contribution >= 0.6 is 35.3 Å². The van der Waals surface area contributed by atoms with E-state index < -0.39 is 0 Å². The Balaban J connectivity index is 0.00000341. The minimum Gasteiger partial charge on any atom is -0.379 e. The number of nitrogens with zero attached hydrogens (tertiary/aromatic N) is 4. The van der Waals surface area contributed by atoms with Gasteiger partial charge in [0.2, 0.25) is 0 Å². The molecule has 9 heteroatoms. The second-order valence-electron chi connectivity index (χ2n) is 8.66. The van der Waals surface area contributed by atoms with Crippen LogP contribution in [0.2, 0.25) is 0 Å². The van der Waals surface area contributed by atoms with Crippen molar-refractivity contribution in [2.45, 2.75) is 25.9 Å². The van der Waals surface area contributed by atoms with Crippen LogP contribution in [0, 0.1) is 5.92 Å². The number of morpholine rings is 1. The SMILES string of the molecule is CN=C(NCC(c1cccs1)N1CCOCC1)NCC(C(C)C)N1CCN(C)CC1.I. The molecule has 0 amide bonds. The van der Waals surface area contributed by atoms with Gasteiger partial charge in [0.05, 0.1) is 19.3 Å². The van der Waals surface area contributed by atoms with Gasteiger partial charge in [-0.15, -0.1) is 35.3 Å². The Bertz CT molecular complexity index is 630. The number of aliphatic imine (C=N–C) groups is 1. The molecule has 2 saturated heterocycles. The van der Waals surface area contributed by atoms with Gasteiger partial charge in [0.25, 0.3) is 0 Å². The quantitative estimate of drug-likeness (QED) is 0.287. The first-order chi connectivity index (χ1) is 14.6. The van der Waals surface area contributed by atoms with Crippen LogP contribution in [0.5, 0.6) is 0 Å². The lowest BCUT2D eigenvalue weighted by molar-refractivity contribution is 0.0177. The van der Waals surface area contributed by atoms with Crippen LogP contribution in [-0.4, -0.2) is 106 Å². The zero-order valence-electron chi connectivity index (χ0n) is 19.5. The first-order valence-electron chi connectivity index (χ1n) is 11.3. The summed E-state index contributed by atoms with van der Waals surface area (Å²) in [6, 6.07) is 5.25. The molecule has 0 aromatic carbocycles. The van der Waals surface area contributed by atoms with Crippen molar-refractivity contribution in [3.63, 3.8) is 0 Å². The van der Waals surface area contributed by atoms with Gasteiger partial charge in [-0.2, -0.15) is 0 Å². The summed E-state index contributed by atoms with van der Waals surface area (Å²) in [6.07, 6.45) is 0. The maximum Gasteiger partial charge on any atom is 0.191 e. The third-order valence-corrected chi connectivity index (χ3v) is 7.27. The zero-order chi connectivity index (χ0) is 21.3. The Morgan fingerprint density at radius 2 is 1.74 bits per heavy atom. The normalized spacial score (nSPS) is 21.5. The highest BCUT2D eigenvalue weighted by molar-refractivity contribution is 14.0. The second-order valence-corrected chi connectivity index (χ2v) is 9.64. The smallest absolute Gasteiger partial charge is 0.191 e. The largest absolute Gasteiger partial charge is 0.379 e. The summed E-state index contributed by atoms with van der Waals surface area (Å²) in [7, 11) is 4.08. The van der Waals surface area contributed by atoms with Gasteiger partial charge in [0.15, 0.2) is 5.96 Å². The lowest BCUT2D eigenvalue weighted by atomic mass is 10.0. The van der Waals surface area contributed by atoms with Crippen molar-refractivity contribution in [3.8, 4) is 0 Å². The molecule has 2 unspecified atom stereocenters. The predicted octanol–water partition coefficient (Wildman–Crippen LogP) is 2.18. The highest BCUT2D eigenvalue weighted by Gasteiger charge is 2.26. The maximum atomic E-state index is 5.56. The summed E-state index contributed by atoms with van der Waals surface area (Å²) in [6.45, 7) is 14.6. The standard InChI is InChI=1S/C22H40N6OS.HI/c1-18(2)19(27-9-7-26(4)8-10-27)16-24-22(23-3)25-17-20(21-6-5-15-30-21)28-11-13-29-14-12-28;/h5-6,15,18-20H,7-14,16-17H2,1-4H3,(H2,23,24,25);1H. The monoisotopic (exact) mass is 564 g/mol. The number of nitrogens with one attached hydrogen (secondary N) is 2. The zero-order valence-corrected chi connectivity index (χ0v) is 22.7. The number of guanidine groups is 1. The molecule has 31 heavy (non-hydrogen) atoms. The number of hydrogen-bond donors (Lipinski definition) is 2. The summed E-state index contributed by atoms with van der Waals surface area (Å²) >= 11 is 1.83. The van der Waals surface area contributed by atoms with Crippen LogP contribution < -0.4 is 10.6 Å². The topological polar surface area (TPSA) is 55.4 Å². The molecule has 2 N–H and O–H groups in total. The number of halogens is 1. The summed E-state index contributed by atoms with van der Waals surface area (Å²) in [5, 5.41) is 9.37. The number of thiophene rings is 1. The van der Waals surface area contributed by atoms with E-state index in [1.807, 2.05) is 18.4 Å². The molecule has 1 aromatic heterocycles. The van der Waals surface area contributed by atoms with Crippen molar-refractivity contribution in [3.05, 3.63) is 22.4 Å². The van der Waals surface area contributed by atoms with Crippen LogP contribution in [0.3, 0.4) is 0 Å². The minimum absolute atomic E-state index is 0. The maximum absolute atomic E-state index is 5.56. The molecular weight excluding hydrogens is 523 g/mol. The van der Waals surface area contributed by atoms with Gasteiger partial charge in [-0.1, -0.05) is 19.9 Å². The van der Waals surface area contributed by atoms with Crippen LogP contribution in [0.4, 0.5) is 0 Å². The fraction of sp³-hybridized carbons (Fsp3) is 0.773. The second kappa shape index (κ2) is 13.9. The van der Waals surface area contributed by atoms with Crippen molar-refractivity contribution >= 4 is 41.3 Å². The fourth-order valence-corrected chi connectivity index (χ4v) is 5.20. The molecule has 178 valence electrons. The predicted molar refractivity (Wildman–Crippen MR) is 142 cm³/mol. The summed E-state index contributed by atoms with van der Waals surface area (Å²) in [4.78, 5) is 13.5. The number of rotatable bonds is 8. The van der Waals surface area contributed by atoms with Gasteiger partial charge in [0.1, 0.15) is 0 Å². The highest BCUT2D eigenvalue weighted by atomic mass is 127. The van der Waals surface area contributed by atoms with Gasteiger partial charge in [-0.05, 0) is 24.4 Å². The van der Waals surface area contributed by atoms with Crippen molar-refractivity contribution in [1.82, 2.24) is 25.3 Å². The number of likely N-dealkylation sites (N-methyl/N-ethyl adjacent to an activating group) is 1. The van der Waals surface area contributed by atoms with Crippen molar-refractivity contribution in [1.29, 1.82) is 0 Å². The Kier molecular flexibility index (Phi) is 12.1. The molecule has 0 bridgehead atoms. The summed E-state index contributed by atoms with van der Waals surface area (Å²) < 4.78 is 5.56. The molecule has 1 aromatic rings. The molecule has 7 nitrogen and oxygen atoms in total. The van der Waals surface area contributed by atoms with E-state index in [0.717, 1.165) is 71.5 Å². The van der Waals surface area contributed by atoms with Crippen molar-refractivity contribution in [2.24, 2.45) is 10.9 Å². The van der Waals surface area contributed by atoms with Gasteiger partial charge in [-0.25, -0.2) is 0 Å². The average molecular weight is 565 g/mol. The molecule has 0 saturated carbocycles. The molecule has 3 rings (SSSR count). The van der Waals surface area contributed by atoms with E-state index in [1.54, 1.807) is 0 Å². The average Bonchev–Trinajstić information content (AvgIpc) is 3.29. The molecule has 2 atom stereocenters. The van der Waals surface area contributed by atoms with E-state index >= 15 is 0 Å². The summed E-state index contributed by atoms with van der Waals surface area (Å²) in [5.41, 5.74) is 0. The first-order valence-corrected chi connectivity index (χ1v) is 12.2. The van der Waals surface area contributed by atoms with Crippen LogP contribution in [0.15, 0.2) is 22.5 Å². The van der Waals surface area contributed by atoms with E-state index in [0.29, 0.717) is 18.0 Å². The molecular formula is C22H41IN6OS. The molecule has 2 fully saturated rings. The van der Waals surface area contributed by atoms with Crippen LogP contribution in [0.1, 0.15) is 24.8 Å². The van der Waals surface area contributed by atoms with Gasteiger partial charge >= 0.3 is 0 Å². The third-order valence-electron chi connectivity index (χ3n) is 6.30. The molecule has 0 aliphatic carbocycles. The van der Waals surface area contributed by atoms with E-state index in [1.165, 1.54) is 4.88 Å². The fourth-order valence-electron chi connectivity index (χ4n) is 4.33. The molecule has 2 aliphatic rings. The Labute approximate surface area is 209 Å². The molecule has 0 radical (unpaired) electrons. The van der Waals surface area contributed by atoms with E-state index in [2.05, 4.69) is 68.7 Å². The molecule has 0 spiro atoms. The van der Waals surface area contributed by atoms with E-state index in [4.69, 9.17) is 4.74 Å². The van der Waals surface area contributed by atoms with Gasteiger partial charge < -0.3 is 20.3 Å². The highest BCUT2D eigenvalue weighted by Crippen LogP contribution is 2.25.